The zero-order chi connectivity index (χ0) is 12.7. The number of esters is 1. The highest BCUT2D eigenvalue weighted by molar-refractivity contribution is 5.89. The lowest BCUT2D eigenvalue weighted by Crippen LogP contribution is -2.23. The van der Waals surface area contributed by atoms with Crippen LogP contribution in [0.5, 0.6) is 5.75 Å². The van der Waals surface area contributed by atoms with E-state index >= 15 is 0 Å². The van der Waals surface area contributed by atoms with Crippen LogP contribution in [0.3, 0.4) is 0 Å². The van der Waals surface area contributed by atoms with Crippen molar-refractivity contribution in [3.8, 4) is 5.75 Å². The second kappa shape index (κ2) is 6.37. The summed E-state index contributed by atoms with van der Waals surface area (Å²) in [5.74, 6) is -0.435. The number of benzene rings is 1. The quantitative estimate of drug-likeness (QED) is 0.293. The van der Waals surface area contributed by atoms with Gasteiger partial charge in [-0.3, -0.25) is 4.99 Å². The van der Waals surface area contributed by atoms with Crippen molar-refractivity contribution in [1.82, 2.24) is 0 Å². The molecule has 6 heteroatoms. The Bertz CT molecular complexity index is 414. The Balaban J connectivity index is 2.33. The molecule has 92 valence electrons. The van der Waals surface area contributed by atoms with Gasteiger partial charge in [0.15, 0.2) is 5.96 Å². The molecule has 6 nitrogen and oxygen atoms in total. The Morgan fingerprint density at radius 1 is 1.41 bits per heavy atom. The van der Waals surface area contributed by atoms with Crippen LogP contribution in [-0.2, 0) is 4.74 Å². The van der Waals surface area contributed by atoms with Crippen molar-refractivity contribution < 1.29 is 14.6 Å². The number of phenolic OH excluding ortho intramolecular Hbond substituents is 1. The number of carbonyl (C=O) groups excluding carboxylic acids is 1. The average molecular weight is 237 g/mol. The molecule has 1 aromatic carbocycles. The molecule has 0 aliphatic carbocycles. The summed E-state index contributed by atoms with van der Waals surface area (Å²) >= 11 is 0. The molecule has 0 saturated heterocycles. The van der Waals surface area contributed by atoms with Gasteiger partial charge in [-0.05, 0) is 18.2 Å². The Morgan fingerprint density at radius 3 is 2.82 bits per heavy atom. The fraction of sp³-hybridized carbons (Fsp3) is 0.273. The molecule has 0 fully saturated rings. The largest absolute Gasteiger partial charge is 0.508 e. The van der Waals surface area contributed by atoms with Gasteiger partial charge in [-0.25, -0.2) is 4.79 Å². The maximum atomic E-state index is 11.5. The highest BCUT2D eigenvalue weighted by atomic mass is 16.5. The number of hydrogen-bond acceptors (Lipinski definition) is 4. The number of ether oxygens (including phenoxy) is 1. The number of carbonyl (C=O) groups is 1. The van der Waals surface area contributed by atoms with Gasteiger partial charge in [0.1, 0.15) is 5.75 Å². The first kappa shape index (κ1) is 12.8. The van der Waals surface area contributed by atoms with Gasteiger partial charge in [-0.15, -0.1) is 0 Å². The Kier molecular flexibility index (Phi) is 4.80. The molecular formula is C11H15N3O3. The average Bonchev–Trinajstić information content (AvgIpc) is 2.28. The SMILES string of the molecule is NC(N)=NCCCOC(=O)c1cccc(O)c1. The lowest BCUT2D eigenvalue weighted by Gasteiger charge is -2.03. The summed E-state index contributed by atoms with van der Waals surface area (Å²) in [4.78, 5) is 15.2. The maximum Gasteiger partial charge on any atom is 0.338 e. The first-order valence-electron chi connectivity index (χ1n) is 5.11. The smallest absolute Gasteiger partial charge is 0.338 e. The standard InChI is InChI=1S/C11H15N3O3/c12-11(13)14-5-2-6-17-10(16)8-3-1-4-9(15)7-8/h1,3-4,7,15H,2,5-6H2,(H4,12,13,14). The van der Waals surface area contributed by atoms with Crippen LogP contribution >= 0.6 is 0 Å². The van der Waals surface area contributed by atoms with Gasteiger partial charge < -0.3 is 21.3 Å². The van der Waals surface area contributed by atoms with Crippen LogP contribution < -0.4 is 11.5 Å². The number of guanidine groups is 1. The van der Waals surface area contributed by atoms with E-state index in [1.165, 1.54) is 12.1 Å². The van der Waals surface area contributed by atoms with Gasteiger partial charge in [0.2, 0.25) is 0 Å². The highest BCUT2D eigenvalue weighted by Gasteiger charge is 2.06. The molecule has 0 bridgehead atoms. The van der Waals surface area contributed by atoms with E-state index < -0.39 is 5.97 Å². The molecule has 0 radical (unpaired) electrons. The molecular weight excluding hydrogens is 222 g/mol. The molecule has 0 unspecified atom stereocenters. The summed E-state index contributed by atoms with van der Waals surface area (Å²) in [5.41, 5.74) is 10.6. The topological polar surface area (TPSA) is 111 Å². The van der Waals surface area contributed by atoms with E-state index in [2.05, 4.69) is 4.99 Å². The third-order valence-corrected chi connectivity index (χ3v) is 1.91. The summed E-state index contributed by atoms with van der Waals surface area (Å²) in [6, 6.07) is 5.97. The molecule has 0 aliphatic heterocycles. The third kappa shape index (κ3) is 4.87. The van der Waals surface area contributed by atoms with Gasteiger partial charge in [-0.2, -0.15) is 0 Å². The summed E-state index contributed by atoms with van der Waals surface area (Å²) in [5, 5.41) is 9.18. The van der Waals surface area contributed by atoms with Crippen LogP contribution in [0.4, 0.5) is 0 Å². The van der Waals surface area contributed by atoms with E-state index in [0.29, 0.717) is 18.5 Å². The lowest BCUT2D eigenvalue weighted by molar-refractivity contribution is 0.0502. The first-order valence-corrected chi connectivity index (χ1v) is 5.11. The van der Waals surface area contributed by atoms with Crippen molar-refractivity contribution in [3.05, 3.63) is 29.8 Å². The molecule has 0 amide bonds. The molecule has 1 aromatic rings. The van der Waals surface area contributed by atoms with Crippen molar-refractivity contribution in [2.75, 3.05) is 13.2 Å². The Labute approximate surface area is 98.9 Å². The zero-order valence-corrected chi connectivity index (χ0v) is 9.30. The van der Waals surface area contributed by atoms with E-state index in [1.807, 2.05) is 0 Å². The fourth-order valence-electron chi connectivity index (χ4n) is 1.15. The van der Waals surface area contributed by atoms with E-state index in [1.54, 1.807) is 12.1 Å². The molecule has 1 rings (SSSR count). The second-order valence-electron chi connectivity index (χ2n) is 3.35. The number of aromatic hydroxyl groups is 1. The van der Waals surface area contributed by atoms with Gasteiger partial charge in [0, 0.05) is 13.0 Å². The van der Waals surface area contributed by atoms with Crippen molar-refractivity contribution in [3.63, 3.8) is 0 Å². The van der Waals surface area contributed by atoms with E-state index in [4.69, 9.17) is 16.2 Å². The molecule has 17 heavy (non-hydrogen) atoms. The minimum absolute atomic E-state index is 0.0179. The summed E-state index contributed by atoms with van der Waals surface area (Å²) in [6.07, 6.45) is 0.544. The van der Waals surface area contributed by atoms with Crippen molar-refractivity contribution in [2.45, 2.75) is 6.42 Å². The molecule has 0 heterocycles. The van der Waals surface area contributed by atoms with Crippen LogP contribution in [0.15, 0.2) is 29.3 Å². The summed E-state index contributed by atoms with van der Waals surface area (Å²) in [7, 11) is 0. The predicted octanol–water partition coefficient (Wildman–Crippen LogP) is 0.212. The minimum Gasteiger partial charge on any atom is -0.508 e. The van der Waals surface area contributed by atoms with E-state index in [-0.39, 0.29) is 18.3 Å². The molecule has 0 aliphatic rings. The van der Waals surface area contributed by atoms with Crippen molar-refractivity contribution in [2.24, 2.45) is 16.5 Å². The maximum absolute atomic E-state index is 11.5. The monoisotopic (exact) mass is 237 g/mol. The number of aliphatic imine (C=N–C) groups is 1. The van der Waals surface area contributed by atoms with E-state index in [0.717, 1.165) is 0 Å². The number of hydrogen-bond donors (Lipinski definition) is 3. The van der Waals surface area contributed by atoms with Gasteiger partial charge in [0.25, 0.3) is 0 Å². The zero-order valence-electron chi connectivity index (χ0n) is 9.30. The van der Waals surface area contributed by atoms with Crippen LogP contribution in [0.2, 0.25) is 0 Å². The number of rotatable bonds is 5. The first-order chi connectivity index (χ1) is 8.09. The molecule has 0 aromatic heterocycles. The van der Waals surface area contributed by atoms with Crippen molar-refractivity contribution in [1.29, 1.82) is 0 Å². The number of nitrogens with two attached hydrogens (primary N) is 2. The predicted molar refractivity (Wildman–Crippen MR) is 63.7 cm³/mol. The van der Waals surface area contributed by atoms with Crippen LogP contribution in [0.1, 0.15) is 16.8 Å². The molecule has 0 spiro atoms. The van der Waals surface area contributed by atoms with E-state index in [9.17, 15) is 9.90 Å². The second-order valence-corrected chi connectivity index (χ2v) is 3.35. The highest BCUT2D eigenvalue weighted by Crippen LogP contribution is 2.11. The lowest BCUT2D eigenvalue weighted by atomic mass is 10.2. The van der Waals surface area contributed by atoms with Crippen LogP contribution in [0.25, 0.3) is 0 Å². The van der Waals surface area contributed by atoms with Gasteiger partial charge >= 0.3 is 5.97 Å². The van der Waals surface area contributed by atoms with Crippen molar-refractivity contribution >= 4 is 11.9 Å². The fourth-order valence-corrected chi connectivity index (χ4v) is 1.15. The summed E-state index contributed by atoms with van der Waals surface area (Å²) < 4.78 is 4.96. The Hall–Kier alpha value is -2.24. The number of nitrogens with zero attached hydrogens (tertiary/aromatic N) is 1. The third-order valence-electron chi connectivity index (χ3n) is 1.91. The van der Waals surface area contributed by atoms with Gasteiger partial charge in [-0.1, -0.05) is 6.07 Å². The molecule has 0 saturated carbocycles. The Morgan fingerprint density at radius 2 is 2.18 bits per heavy atom. The molecule has 5 N–H and O–H groups in total. The van der Waals surface area contributed by atoms with Crippen LogP contribution in [-0.4, -0.2) is 30.2 Å². The normalized spacial score (nSPS) is 9.65. The van der Waals surface area contributed by atoms with Gasteiger partial charge in [0.05, 0.1) is 12.2 Å². The minimum atomic E-state index is -0.481. The molecule has 0 atom stereocenters. The summed E-state index contributed by atoms with van der Waals surface area (Å²) in [6.45, 7) is 0.640. The van der Waals surface area contributed by atoms with Crippen LogP contribution in [0, 0.1) is 0 Å². The number of phenols is 1.